The van der Waals surface area contributed by atoms with Gasteiger partial charge in [0.05, 0.1) is 11.3 Å². The highest BCUT2D eigenvalue weighted by molar-refractivity contribution is 7.89. The monoisotopic (exact) mass is 313 g/mol. The molecule has 0 fully saturated rings. The molecule has 0 aliphatic rings. The lowest BCUT2D eigenvalue weighted by molar-refractivity contribution is -0.136. The van der Waals surface area contributed by atoms with Crippen molar-refractivity contribution in [3.05, 3.63) is 29.8 Å². The molecule has 1 rings (SSSR count). The Kier molecular flexibility index (Phi) is 6.04. The quantitative estimate of drug-likeness (QED) is 0.711. The summed E-state index contributed by atoms with van der Waals surface area (Å²) in [5.74, 6) is -0.876. The molecule has 7 heteroatoms. The number of ketones is 1. The standard InChI is InChI=1S/C14H19NO5S/c1-10(2)9-13(16)11-3-5-12(6-4-11)21(19,20)15-8-7-14(17)18/h3-6,10,15H,7-9H2,1-2H3,(H,17,18). The maximum Gasteiger partial charge on any atom is 0.304 e. The van der Waals surface area contributed by atoms with Gasteiger partial charge in [0.25, 0.3) is 0 Å². The first-order valence-electron chi connectivity index (χ1n) is 6.57. The first kappa shape index (κ1) is 17.3. The summed E-state index contributed by atoms with van der Waals surface area (Å²) in [5.41, 5.74) is 0.466. The van der Waals surface area contributed by atoms with Gasteiger partial charge in [-0.2, -0.15) is 0 Å². The molecule has 21 heavy (non-hydrogen) atoms. The second-order valence-electron chi connectivity index (χ2n) is 5.09. The molecule has 0 heterocycles. The van der Waals surface area contributed by atoms with E-state index in [9.17, 15) is 18.0 Å². The Morgan fingerprint density at radius 1 is 1.19 bits per heavy atom. The number of carbonyl (C=O) groups is 2. The second kappa shape index (κ2) is 7.33. The highest BCUT2D eigenvalue weighted by atomic mass is 32.2. The summed E-state index contributed by atoms with van der Waals surface area (Å²) in [4.78, 5) is 22.2. The van der Waals surface area contributed by atoms with Crippen molar-refractivity contribution in [1.29, 1.82) is 0 Å². The van der Waals surface area contributed by atoms with Gasteiger partial charge >= 0.3 is 5.97 Å². The van der Waals surface area contributed by atoms with Crippen LogP contribution in [0.15, 0.2) is 29.2 Å². The van der Waals surface area contributed by atoms with Crippen molar-refractivity contribution in [2.24, 2.45) is 5.92 Å². The van der Waals surface area contributed by atoms with Crippen molar-refractivity contribution in [3.63, 3.8) is 0 Å². The van der Waals surface area contributed by atoms with Gasteiger partial charge in [0.1, 0.15) is 0 Å². The minimum Gasteiger partial charge on any atom is -0.481 e. The maximum absolute atomic E-state index is 11.9. The summed E-state index contributed by atoms with van der Waals surface area (Å²) in [5, 5.41) is 8.48. The second-order valence-corrected chi connectivity index (χ2v) is 6.85. The van der Waals surface area contributed by atoms with Gasteiger partial charge in [-0.15, -0.1) is 0 Å². The van der Waals surface area contributed by atoms with Crippen LogP contribution in [0.2, 0.25) is 0 Å². The van der Waals surface area contributed by atoms with Gasteiger partial charge < -0.3 is 5.11 Å². The van der Waals surface area contributed by atoms with Gasteiger partial charge in [0.2, 0.25) is 10.0 Å². The normalized spacial score (nSPS) is 11.6. The van der Waals surface area contributed by atoms with E-state index in [1.165, 1.54) is 24.3 Å². The average molecular weight is 313 g/mol. The highest BCUT2D eigenvalue weighted by Crippen LogP contribution is 2.14. The van der Waals surface area contributed by atoms with Crippen molar-refractivity contribution in [2.75, 3.05) is 6.54 Å². The number of hydrogen-bond acceptors (Lipinski definition) is 4. The van der Waals surface area contributed by atoms with Gasteiger partial charge in [-0.25, -0.2) is 13.1 Å². The van der Waals surface area contributed by atoms with Crippen LogP contribution in [0.4, 0.5) is 0 Å². The minimum absolute atomic E-state index is 0.00832. The van der Waals surface area contributed by atoms with E-state index in [1.54, 1.807) is 0 Å². The van der Waals surface area contributed by atoms with Crippen LogP contribution >= 0.6 is 0 Å². The smallest absolute Gasteiger partial charge is 0.304 e. The van der Waals surface area contributed by atoms with E-state index in [1.807, 2.05) is 13.8 Å². The number of hydrogen-bond donors (Lipinski definition) is 2. The van der Waals surface area contributed by atoms with Crippen molar-refractivity contribution in [1.82, 2.24) is 4.72 Å². The number of Topliss-reactive ketones (excluding diaryl/α,β-unsaturated/α-hetero) is 1. The molecule has 116 valence electrons. The lowest BCUT2D eigenvalue weighted by atomic mass is 10.0. The average Bonchev–Trinajstić information content (AvgIpc) is 2.37. The molecule has 0 spiro atoms. The number of nitrogens with one attached hydrogen (secondary N) is 1. The first-order chi connectivity index (χ1) is 9.72. The Hall–Kier alpha value is -1.73. The molecule has 0 aromatic heterocycles. The summed E-state index contributed by atoms with van der Waals surface area (Å²) in [6, 6.07) is 5.63. The van der Waals surface area contributed by atoms with Gasteiger partial charge in [0.15, 0.2) is 5.78 Å². The molecule has 0 radical (unpaired) electrons. The largest absolute Gasteiger partial charge is 0.481 e. The summed E-state index contributed by atoms with van der Waals surface area (Å²) in [7, 11) is -3.75. The van der Waals surface area contributed by atoms with Crippen LogP contribution in [-0.4, -0.2) is 31.8 Å². The number of carboxylic acids is 1. The fourth-order valence-corrected chi connectivity index (χ4v) is 2.72. The van der Waals surface area contributed by atoms with Gasteiger partial charge in [-0.3, -0.25) is 9.59 Å². The molecule has 0 aliphatic heterocycles. The molecule has 2 N–H and O–H groups in total. The van der Waals surface area contributed by atoms with E-state index in [0.717, 1.165) is 0 Å². The third-order valence-electron chi connectivity index (χ3n) is 2.71. The summed E-state index contributed by atoms with van der Waals surface area (Å²) < 4.78 is 26.0. The van der Waals surface area contributed by atoms with Crippen LogP contribution in [0.1, 0.15) is 37.0 Å². The molecule has 6 nitrogen and oxygen atoms in total. The van der Waals surface area contributed by atoms with Crippen LogP contribution in [0.5, 0.6) is 0 Å². The fraction of sp³-hybridized carbons (Fsp3) is 0.429. The van der Waals surface area contributed by atoms with Crippen molar-refractivity contribution in [2.45, 2.75) is 31.6 Å². The number of benzene rings is 1. The molecule has 0 unspecified atom stereocenters. The molecule has 0 bridgehead atoms. The third kappa shape index (κ3) is 5.65. The summed E-state index contributed by atoms with van der Waals surface area (Å²) >= 11 is 0. The zero-order chi connectivity index (χ0) is 16.0. The van der Waals surface area contributed by atoms with Crippen LogP contribution in [0, 0.1) is 5.92 Å². The third-order valence-corrected chi connectivity index (χ3v) is 4.19. The number of sulfonamides is 1. The molecular weight excluding hydrogens is 294 g/mol. The summed E-state index contributed by atoms with van der Waals surface area (Å²) in [6.07, 6.45) is 0.118. The predicted octanol–water partition coefficient (Wildman–Crippen LogP) is 1.67. The topological polar surface area (TPSA) is 101 Å². The number of carboxylic acid groups (broad SMARTS) is 1. The zero-order valence-corrected chi connectivity index (χ0v) is 12.8. The fourth-order valence-electron chi connectivity index (χ4n) is 1.68. The molecule has 0 atom stereocenters. The van der Waals surface area contributed by atoms with Crippen LogP contribution in [0.3, 0.4) is 0 Å². The minimum atomic E-state index is -3.75. The van der Waals surface area contributed by atoms with Gasteiger partial charge in [-0.05, 0) is 18.1 Å². The van der Waals surface area contributed by atoms with Crippen molar-refractivity contribution in [3.8, 4) is 0 Å². The van der Waals surface area contributed by atoms with E-state index < -0.39 is 16.0 Å². The Balaban J connectivity index is 2.77. The van der Waals surface area contributed by atoms with E-state index in [-0.39, 0.29) is 29.6 Å². The maximum atomic E-state index is 11.9. The molecule has 0 saturated heterocycles. The lowest BCUT2D eigenvalue weighted by Crippen LogP contribution is -2.26. The molecule has 0 saturated carbocycles. The van der Waals surface area contributed by atoms with Crippen LogP contribution < -0.4 is 4.72 Å². The van der Waals surface area contributed by atoms with E-state index in [0.29, 0.717) is 12.0 Å². The van der Waals surface area contributed by atoms with E-state index >= 15 is 0 Å². The summed E-state index contributed by atoms with van der Waals surface area (Å²) in [6.45, 7) is 3.69. The Bertz CT molecular complexity index is 605. The molecular formula is C14H19NO5S. The van der Waals surface area contributed by atoms with Crippen molar-refractivity contribution >= 4 is 21.8 Å². The first-order valence-corrected chi connectivity index (χ1v) is 8.05. The van der Waals surface area contributed by atoms with E-state index in [2.05, 4.69) is 4.72 Å². The van der Waals surface area contributed by atoms with Gasteiger partial charge in [0, 0.05) is 18.5 Å². The van der Waals surface area contributed by atoms with Crippen molar-refractivity contribution < 1.29 is 23.1 Å². The molecule has 1 aromatic rings. The zero-order valence-electron chi connectivity index (χ0n) is 12.0. The van der Waals surface area contributed by atoms with Crippen LogP contribution in [0.25, 0.3) is 0 Å². The predicted molar refractivity (Wildman–Crippen MR) is 77.7 cm³/mol. The highest BCUT2D eigenvalue weighted by Gasteiger charge is 2.15. The van der Waals surface area contributed by atoms with Gasteiger partial charge in [-0.1, -0.05) is 26.0 Å². The SMILES string of the molecule is CC(C)CC(=O)c1ccc(S(=O)(=O)NCCC(=O)O)cc1. The number of carbonyl (C=O) groups excluding carboxylic acids is 1. The number of rotatable bonds is 8. The molecule has 0 amide bonds. The Labute approximate surface area is 124 Å². The molecule has 0 aliphatic carbocycles. The van der Waals surface area contributed by atoms with E-state index in [4.69, 9.17) is 5.11 Å². The Morgan fingerprint density at radius 3 is 2.24 bits per heavy atom. The number of aliphatic carboxylic acids is 1. The Morgan fingerprint density at radius 2 is 1.76 bits per heavy atom. The molecule has 1 aromatic carbocycles. The lowest BCUT2D eigenvalue weighted by Gasteiger charge is -2.07. The van der Waals surface area contributed by atoms with Crippen LogP contribution in [-0.2, 0) is 14.8 Å².